The highest BCUT2D eigenvalue weighted by Gasteiger charge is 2.26. The van der Waals surface area contributed by atoms with Crippen LogP contribution in [0.4, 0.5) is 0 Å². The van der Waals surface area contributed by atoms with E-state index in [1.807, 2.05) is 19.2 Å². The molecule has 0 aromatic heterocycles. The van der Waals surface area contributed by atoms with E-state index in [2.05, 4.69) is 27.3 Å². The Labute approximate surface area is 191 Å². The molecule has 2 atom stereocenters. The molecule has 1 N–H and O–H groups in total. The summed E-state index contributed by atoms with van der Waals surface area (Å²) in [5.41, 5.74) is 1.30. The van der Waals surface area contributed by atoms with Gasteiger partial charge in [-0.05, 0) is 43.7 Å². The Morgan fingerprint density at radius 3 is 2.72 bits per heavy atom. The van der Waals surface area contributed by atoms with Gasteiger partial charge in [-0.15, -0.1) is 24.0 Å². The van der Waals surface area contributed by atoms with Crippen LogP contribution in [0.2, 0.25) is 0 Å². The standard InChI is InChI=1S/C22H33N3O3.HI/c1-23-22(24-15-20-14-17-6-2-3-8-21(17)28-20)25-11-9-18(10-12-25)27-16-19-7-4-5-13-26-19;/h2-3,6,8,18-20H,4-5,7,9-16H2,1H3,(H,23,24);1H. The van der Waals surface area contributed by atoms with Crippen LogP contribution in [0.15, 0.2) is 29.3 Å². The molecular weight excluding hydrogens is 481 g/mol. The SMILES string of the molecule is CN=C(NCC1Cc2ccccc2O1)N1CCC(OCC2CCCCO2)CC1.I. The second-order valence-electron chi connectivity index (χ2n) is 7.99. The van der Waals surface area contributed by atoms with Gasteiger partial charge in [-0.1, -0.05) is 18.2 Å². The molecule has 0 radical (unpaired) electrons. The van der Waals surface area contributed by atoms with Crippen molar-refractivity contribution in [2.75, 3.05) is 39.9 Å². The van der Waals surface area contributed by atoms with Gasteiger partial charge in [0.15, 0.2) is 5.96 Å². The van der Waals surface area contributed by atoms with Crippen LogP contribution in [-0.4, -0.2) is 69.1 Å². The molecule has 3 heterocycles. The molecule has 3 aliphatic heterocycles. The molecule has 3 aliphatic rings. The summed E-state index contributed by atoms with van der Waals surface area (Å²) in [5.74, 6) is 1.98. The van der Waals surface area contributed by atoms with E-state index in [9.17, 15) is 0 Å². The number of rotatable bonds is 5. The van der Waals surface area contributed by atoms with Crippen molar-refractivity contribution in [2.24, 2.45) is 4.99 Å². The summed E-state index contributed by atoms with van der Waals surface area (Å²) in [7, 11) is 1.86. The van der Waals surface area contributed by atoms with Gasteiger partial charge in [0, 0.05) is 33.2 Å². The number of ether oxygens (including phenoxy) is 3. The van der Waals surface area contributed by atoms with E-state index in [4.69, 9.17) is 14.2 Å². The molecule has 2 saturated heterocycles. The fourth-order valence-electron chi connectivity index (χ4n) is 4.32. The Hall–Kier alpha value is -1.06. The van der Waals surface area contributed by atoms with Gasteiger partial charge in [0.05, 0.1) is 25.4 Å². The van der Waals surface area contributed by atoms with Crippen molar-refractivity contribution in [3.05, 3.63) is 29.8 Å². The lowest BCUT2D eigenvalue weighted by Gasteiger charge is -2.35. The highest BCUT2D eigenvalue weighted by Crippen LogP contribution is 2.27. The molecule has 29 heavy (non-hydrogen) atoms. The van der Waals surface area contributed by atoms with Crippen molar-refractivity contribution in [2.45, 2.75) is 56.8 Å². The molecule has 4 rings (SSSR count). The average molecular weight is 515 g/mol. The number of guanidine groups is 1. The summed E-state index contributed by atoms with van der Waals surface area (Å²) < 4.78 is 17.9. The third-order valence-corrected chi connectivity index (χ3v) is 5.95. The minimum absolute atomic E-state index is 0. The first-order valence-corrected chi connectivity index (χ1v) is 10.7. The quantitative estimate of drug-likeness (QED) is 0.371. The number of piperidine rings is 1. The van der Waals surface area contributed by atoms with Crippen LogP contribution in [0.1, 0.15) is 37.7 Å². The second kappa shape index (κ2) is 11.4. The van der Waals surface area contributed by atoms with Crippen molar-refractivity contribution < 1.29 is 14.2 Å². The first-order chi connectivity index (χ1) is 13.8. The molecule has 1 aromatic carbocycles. The Balaban J connectivity index is 0.00000240. The van der Waals surface area contributed by atoms with Crippen molar-refractivity contribution in [3.8, 4) is 5.75 Å². The van der Waals surface area contributed by atoms with E-state index in [0.29, 0.717) is 12.2 Å². The highest BCUT2D eigenvalue weighted by molar-refractivity contribution is 14.0. The molecule has 6 nitrogen and oxygen atoms in total. The van der Waals surface area contributed by atoms with E-state index in [-0.39, 0.29) is 30.1 Å². The van der Waals surface area contributed by atoms with Crippen LogP contribution in [0.3, 0.4) is 0 Å². The molecule has 7 heteroatoms. The van der Waals surface area contributed by atoms with Crippen LogP contribution in [-0.2, 0) is 15.9 Å². The number of nitrogens with zero attached hydrogens (tertiary/aromatic N) is 2. The van der Waals surface area contributed by atoms with E-state index in [1.165, 1.54) is 18.4 Å². The maximum atomic E-state index is 6.13. The van der Waals surface area contributed by atoms with Gasteiger partial charge >= 0.3 is 0 Å². The van der Waals surface area contributed by atoms with Gasteiger partial charge in [0.2, 0.25) is 0 Å². The van der Waals surface area contributed by atoms with Gasteiger partial charge < -0.3 is 24.4 Å². The predicted molar refractivity (Wildman–Crippen MR) is 125 cm³/mol. The fraction of sp³-hybridized carbons (Fsp3) is 0.682. The van der Waals surface area contributed by atoms with Gasteiger partial charge in [-0.3, -0.25) is 4.99 Å². The smallest absolute Gasteiger partial charge is 0.193 e. The number of halogens is 1. The van der Waals surface area contributed by atoms with Crippen molar-refractivity contribution in [1.82, 2.24) is 10.2 Å². The summed E-state index contributed by atoms with van der Waals surface area (Å²) in [6.45, 7) is 4.36. The minimum atomic E-state index is 0. The first-order valence-electron chi connectivity index (χ1n) is 10.7. The summed E-state index contributed by atoms with van der Waals surface area (Å²) in [6.07, 6.45) is 7.46. The number of nitrogens with one attached hydrogen (secondary N) is 1. The van der Waals surface area contributed by atoms with E-state index < -0.39 is 0 Å². The third-order valence-electron chi connectivity index (χ3n) is 5.95. The number of hydrogen-bond acceptors (Lipinski definition) is 4. The molecule has 0 bridgehead atoms. The Bertz CT molecular complexity index is 633. The lowest BCUT2D eigenvalue weighted by atomic mass is 10.1. The van der Waals surface area contributed by atoms with Gasteiger partial charge in [-0.2, -0.15) is 0 Å². The fourth-order valence-corrected chi connectivity index (χ4v) is 4.32. The number of fused-ring (bicyclic) bond motifs is 1. The Morgan fingerprint density at radius 1 is 1.17 bits per heavy atom. The molecule has 0 saturated carbocycles. The number of benzene rings is 1. The second-order valence-corrected chi connectivity index (χ2v) is 7.99. The normalized spacial score (nSPS) is 25.1. The van der Waals surface area contributed by atoms with Crippen molar-refractivity contribution in [1.29, 1.82) is 0 Å². The number of para-hydroxylation sites is 1. The van der Waals surface area contributed by atoms with Crippen LogP contribution in [0.5, 0.6) is 5.75 Å². The average Bonchev–Trinajstić information content (AvgIpc) is 3.17. The lowest BCUT2D eigenvalue weighted by Crippen LogP contribution is -2.49. The lowest BCUT2D eigenvalue weighted by molar-refractivity contribution is -0.0721. The summed E-state index contributed by atoms with van der Waals surface area (Å²) in [4.78, 5) is 6.81. The van der Waals surface area contributed by atoms with Gasteiger partial charge in [0.25, 0.3) is 0 Å². The molecule has 162 valence electrons. The highest BCUT2D eigenvalue weighted by atomic mass is 127. The van der Waals surface area contributed by atoms with Gasteiger partial charge in [-0.25, -0.2) is 0 Å². The van der Waals surface area contributed by atoms with Crippen LogP contribution >= 0.6 is 24.0 Å². The molecule has 2 fully saturated rings. The Kier molecular flexibility index (Phi) is 8.86. The monoisotopic (exact) mass is 515 g/mol. The predicted octanol–water partition coefficient (Wildman–Crippen LogP) is 3.23. The van der Waals surface area contributed by atoms with Crippen LogP contribution < -0.4 is 10.1 Å². The largest absolute Gasteiger partial charge is 0.488 e. The third kappa shape index (κ3) is 6.21. The van der Waals surface area contributed by atoms with E-state index >= 15 is 0 Å². The summed E-state index contributed by atoms with van der Waals surface area (Å²) in [6, 6.07) is 8.30. The van der Waals surface area contributed by atoms with Gasteiger partial charge in [0.1, 0.15) is 11.9 Å². The number of likely N-dealkylation sites (tertiary alicyclic amines) is 1. The van der Waals surface area contributed by atoms with Crippen LogP contribution in [0.25, 0.3) is 0 Å². The Morgan fingerprint density at radius 2 is 2.00 bits per heavy atom. The zero-order valence-corrected chi connectivity index (χ0v) is 19.7. The van der Waals surface area contributed by atoms with Crippen molar-refractivity contribution >= 4 is 29.9 Å². The van der Waals surface area contributed by atoms with E-state index in [0.717, 1.165) is 70.2 Å². The molecule has 1 aromatic rings. The van der Waals surface area contributed by atoms with Crippen molar-refractivity contribution in [3.63, 3.8) is 0 Å². The topological polar surface area (TPSA) is 55.3 Å². The minimum Gasteiger partial charge on any atom is -0.488 e. The zero-order valence-electron chi connectivity index (χ0n) is 17.3. The number of hydrogen-bond donors (Lipinski definition) is 1. The molecular formula is C22H34IN3O3. The maximum absolute atomic E-state index is 6.13. The number of aliphatic imine (C=N–C) groups is 1. The molecule has 2 unspecified atom stereocenters. The van der Waals surface area contributed by atoms with E-state index in [1.54, 1.807) is 0 Å². The van der Waals surface area contributed by atoms with Crippen LogP contribution in [0, 0.1) is 0 Å². The summed E-state index contributed by atoms with van der Waals surface area (Å²) in [5, 5.41) is 3.50. The maximum Gasteiger partial charge on any atom is 0.193 e. The molecule has 0 amide bonds. The first kappa shape index (κ1) is 22.6. The molecule has 0 spiro atoms. The molecule has 0 aliphatic carbocycles. The summed E-state index contributed by atoms with van der Waals surface area (Å²) >= 11 is 0. The zero-order chi connectivity index (χ0) is 19.2.